The third kappa shape index (κ3) is 1.50. The van der Waals surface area contributed by atoms with Crippen LogP contribution in [0.15, 0.2) is 39.9 Å². The number of carbonyl (C=O) groups excluding carboxylic acids is 1. The first-order chi connectivity index (χ1) is 7.61. The Labute approximate surface area is 89.7 Å². The van der Waals surface area contributed by atoms with Gasteiger partial charge in [-0.1, -0.05) is 18.2 Å². The van der Waals surface area contributed by atoms with Gasteiger partial charge in [-0.3, -0.25) is 9.78 Å². The topological polar surface area (TPSA) is 76.9 Å². The maximum atomic E-state index is 11.5. The van der Waals surface area contributed by atoms with E-state index in [0.29, 0.717) is 5.69 Å². The number of nitrogens with one attached hydrogen (secondary N) is 1. The van der Waals surface area contributed by atoms with Crippen molar-refractivity contribution in [3.8, 4) is 5.69 Å². The number of hydrogen-bond donors (Lipinski definition) is 1. The van der Waals surface area contributed by atoms with Gasteiger partial charge in [0.25, 0.3) is 0 Å². The van der Waals surface area contributed by atoms with Crippen molar-refractivity contribution in [3.63, 3.8) is 0 Å². The van der Waals surface area contributed by atoms with E-state index in [9.17, 15) is 14.4 Å². The second-order valence-electron chi connectivity index (χ2n) is 3.21. The van der Waals surface area contributed by atoms with Crippen LogP contribution in [0.5, 0.6) is 0 Å². The Balaban J connectivity index is 2.80. The first-order valence-electron chi connectivity index (χ1n) is 4.62. The molecule has 0 unspecified atom stereocenters. The molecule has 2 rings (SSSR count). The Kier molecular flexibility index (Phi) is 2.32. The van der Waals surface area contributed by atoms with Crippen molar-refractivity contribution in [1.29, 1.82) is 0 Å². The normalized spacial score (nSPS) is 10.3. The van der Waals surface area contributed by atoms with Crippen LogP contribution in [-0.2, 0) is 0 Å². The van der Waals surface area contributed by atoms with Crippen LogP contribution in [0.3, 0.4) is 0 Å². The summed E-state index contributed by atoms with van der Waals surface area (Å²) in [4.78, 5) is 36.1. The van der Waals surface area contributed by atoms with E-state index in [0.717, 1.165) is 9.36 Å². The molecule has 0 amide bonds. The molecule has 0 saturated heterocycles. The highest BCUT2D eigenvalue weighted by atomic mass is 16.2. The summed E-state index contributed by atoms with van der Waals surface area (Å²) in [7, 11) is 0. The van der Waals surface area contributed by atoms with Crippen molar-refractivity contribution in [2.24, 2.45) is 0 Å². The second kappa shape index (κ2) is 3.65. The molecule has 1 aromatic heterocycles. The summed E-state index contributed by atoms with van der Waals surface area (Å²) >= 11 is 0. The highest BCUT2D eigenvalue weighted by Gasteiger charge is 2.13. The largest absolute Gasteiger partial charge is 0.352 e. The molecule has 0 radical (unpaired) electrons. The molecule has 0 atom stereocenters. The van der Waals surface area contributed by atoms with Crippen LogP contribution in [0, 0.1) is 0 Å². The Bertz CT molecular complexity index is 633. The third-order valence-electron chi connectivity index (χ3n) is 2.10. The van der Waals surface area contributed by atoms with Crippen LogP contribution in [0.4, 0.5) is 0 Å². The van der Waals surface area contributed by atoms with Gasteiger partial charge in [-0.05, 0) is 12.1 Å². The fourth-order valence-electron chi connectivity index (χ4n) is 1.46. The van der Waals surface area contributed by atoms with Gasteiger partial charge in [0.15, 0.2) is 0 Å². The number of para-hydroxylation sites is 1. The molecule has 0 bridgehead atoms. The standard InChI is InChI=1S/C10H9N3O3/c1-7(14)12-9(15)11-10(16)13(12)8-5-3-2-4-6-8/h2-6H,1H3,(H,11,15,16). The zero-order chi connectivity index (χ0) is 11.7. The zero-order valence-corrected chi connectivity index (χ0v) is 8.51. The lowest BCUT2D eigenvalue weighted by atomic mass is 10.3. The van der Waals surface area contributed by atoms with E-state index < -0.39 is 17.3 Å². The fraction of sp³-hybridized carbons (Fsp3) is 0.100. The quantitative estimate of drug-likeness (QED) is 0.732. The number of rotatable bonds is 1. The first-order valence-corrected chi connectivity index (χ1v) is 4.62. The maximum absolute atomic E-state index is 11.5. The molecule has 0 aliphatic heterocycles. The molecule has 2 aromatic rings. The molecule has 0 fully saturated rings. The minimum absolute atomic E-state index is 0.459. The highest BCUT2D eigenvalue weighted by molar-refractivity contribution is 5.75. The van der Waals surface area contributed by atoms with E-state index in [1.165, 1.54) is 6.92 Å². The lowest BCUT2D eigenvalue weighted by Gasteiger charge is -2.05. The molecule has 16 heavy (non-hydrogen) atoms. The molecule has 1 heterocycles. The maximum Gasteiger partial charge on any atom is 0.352 e. The zero-order valence-electron chi connectivity index (χ0n) is 8.51. The van der Waals surface area contributed by atoms with Crippen molar-refractivity contribution in [2.45, 2.75) is 6.92 Å². The summed E-state index contributed by atoms with van der Waals surface area (Å²) in [6, 6.07) is 8.47. The summed E-state index contributed by atoms with van der Waals surface area (Å²) < 4.78 is 1.77. The SMILES string of the molecule is CC(=O)n1c(=O)[nH]c(=O)n1-c1ccccc1. The molecular formula is C10H9N3O3. The van der Waals surface area contributed by atoms with Crippen molar-refractivity contribution in [3.05, 3.63) is 51.3 Å². The van der Waals surface area contributed by atoms with E-state index in [-0.39, 0.29) is 0 Å². The summed E-state index contributed by atoms with van der Waals surface area (Å²) in [6.07, 6.45) is 0. The minimum atomic E-state index is -0.735. The van der Waals surface area contributed by atoms with Gasteiger partial charge in [0, 0.05) is 6.92 Å². The summed E-state index contributed by atoms with van der Waals surface area (Å²) in [5.74, 6) is -0.521. The van der Waals surface area contributed by atoms with E-state index in [1.54, 1.807) is 30.3 Å². The lowest BCUT2D eigenvalue weighted by molar-refractivity contribution is 0.0907. The van der Waals surface area contributed by atoms with Gasteiger partial charge in [0.05, 0.1) is 5.69 Å². The fourth-order valence-corrected chi connectivity index (χ4v) is 1.46. The van der Waals surface area contributed by atoms with Gasteiger partial charge < -0.3 is 0 Å². The number of benzene rings is 1. The Morgan fingerprint density at radius 1 is 1.12 bits per heavy atom. The van der Waals surface area contributed by atoms with E-state index in [2.05, 4.69) is 0 Å². The number of nitrogens with zero attached hydrogens (tertiary/aromatic N) is 2. The predicted octanol–water partition coefficient (Wildman–Crippen LogP) is -0.0126. The van der Waals surface area contributed by atoms with Gasteiger partial charge in [0.2, 0.25) is 5.91 Å². The Morgan fingerprint density at radius 2 is 1.75 bits per heavy atom. The van der Waals surface area contributed by atoms with Gasteiger partial charge in [-0.15, -0.1) is 0 Å². The summed E-state index contributed by atoms with van der Waals surface area (Å²) in [5.41, 5.74) is -0.909. The van der Waals surface area contributed by atoms with Gasteiger partial charge in [-0.25, -0.2) is 9.59 Å². The monoisotopic (exact) mass is 219 g/mol. The van der Waals surface area contributed by atoms with Gasteiger partial charge in [-0.2, -0.15) is 9.36 Å². The van der Waals surface area contributed by atoms with E-state index in [1.807, 2.05) is 4.98 Å². The minimum Gasteiger partial charge on any atom is -0.273 e. The molecule has 0 spiro atoms. The van der Waals surface area contributed by atoms with Crippen LogP contribution in [0.2, 0.25) is 0 Å². The number of carbonyl (C=O) groups is 1. The third-order valence-corrected chi connectivity index (χ3v) is 2.10. The van der Waals surface area contributed by atoms with Crippen LogP contribution in [0.1, 0.15) is 11.7 Å². The number of aromatic nitrogens is 3. The number of hydrogen-bond acceptors (Lipinski definition) is 3. The van der Waals surface area contributed by atoms with E-state index in [4.69, 9.17) is 0 Å². The molecule has 0 aliphatic rings. The van der Waals surface area contributed by atoms with Crippen molar-refractivity contribution in [1.82, 2.24) is 14.3 Å². The van der Waals surface area contributed by atoms with Gasteiger partial charge in [0.1, 0.15) is 0 Å². The molecule has 6 nitrogen and oxygen atoms in total. The average Bonchev–Trinajstić information content (AvgIpc) is 2.55. The van der Waals surface area contributed by atoms with E-state index >= 15 is 0 Å². The Hall–Kier alpha value is -2.37. The van der Waals surface area contributed by atoms with Crippen LogP contribution >= 0.6 is 0 Å². The lowest BCUT2D eigenvalue weighted by Crippen LogP contribution is -2.29. The van der Waals surface area contributed by atoms with Crippen molar-refractivity contribution in [2.75, 3.05) is 0 Å². The number of aromatic amines is 1. The molecule has 0 aliphatic carbocycles. The molecule has 6 heteroatoms. The van der Waals surface area contributed by atoms with Gasteiger partial charge >= 0.3 is 11.4 Å². The Morgan fingerprint density at radius 3 is 2.31 bits per heavy atom. The molecule has 1 N–H and O–H groups in total. The molecular weight excluding hydrogens is 210 g/mol. The van der Waals surface area contributed by atoms with Crippen LogP contribution < -0.4 is 11.4 Å². The summed E-state index contributed by atoms with van der Waals surface area (Å²) in [5, 5.41) is 0. The molecule has 1 aromatic carbocycles. The average molecular weight is 219 g/mol. The smallest absolute Gasteiger partial charge is 0.273 e. The predicted molar refractivity (Wildman–Crippen MR) is 57.0 cm³/mol. The summed E-state index contributed by atoms with van der Waals surface area (Å²) in [6.45, 7) is 1.22. The molecule has 0 saturated carbocycles. The first kappa shape index (κ1) is 10.2. The van der Waals surface area contributed by atoms with Crippen molar-refractivity contribution >= 4 is 5.91 Å². The number of H-pyrrole nitrogens is 1. The van der Waals surface area contributed by atoms with Crippen molar-refractivity contribution < 1.29 is 4.79 Å². The second-order valence-corrected chi connectivity index (χ2v) is 3.21. The molecule has 82 valence electrons. The van der Waals surface area contributed by atoms with Crippen LogP contribution in [-0.4, -0.2) is 20.3 Å². The highest BCUT2D eigenvalue weighted by Crippen LogP contribution is 2.01. The van der Waals surface area contributed by atoms with Crippen LogP contribution in [0.25, 0.3) is 5.69 Å².